The highest BCUT2D eigenvalue weighted by Crippen LogP contribution is 2.15. The van der Waals surface area contributed by atoms with Crippen molar-refractivity contribution in [1.82, 2.24) is 0 Å². The Morgan fingerprint density at radius 2 is 1.86 bits per heavy atom. The second-order valence-electron chi connectivity index (χ2n) is 4.60. The Morgan fingerprint density at radius 1 is 1.09 bits per heavy atom. The lowest BCUT2D eigenvalue weighted by Crippen LogP contribution is -2.14. The van der Waals surface area contributed by atoms with Crippen LogP contribution in [0.2, 0.25) is 0 Å². The highest BCUT2D eigenvalue weighted by Gasteiger charge is 2.07. The van der Waals surface area contributed by atoms with Gasteiger partial charge in [0.1, 0.15) is 0 Å². The van der Waals surface area contributed by atoms with Gasteiger partial charge in [-0.3, -0.25) is 4.79 Å². The number of hydrogen-bond donors (Lipinski definition) is 1. The molecule has 0 atom stereocenters. The molecule has 0 saturated heterocycles. The van der Waals surface area contributed by atoms with Gasteiger partial charge in [-0.1, -0.05) is 30.3 Å². The highest BCUT2D eigenvalue weighted by molar-refractivity contribution is 7.99. The summed E-state index contributed by atoms with van der Waals surface area (Å²) in [6.45, 7) is 0. The highest BCUT2D eigenvalue weighted by atomic mass is 32.2. The van der Waals surface area contributed by atoms with Gasteiger partial charge in [-0.25, -0.2) is 4.79 Å². The Kier molecular flexibility index (Phi) is 6.03. The van der Waals surface area contributed by atoms with E-state index >= 15 is 0 Å². The summed E-state index contributed by atoms with van der Waals surface area (Å²) in [4.78, 5) is 23.3. The molecule has 4 nitrogen and oxygen atoms in total. The molecule has 0 spiro atoms. The molecule has 2 rings (SSSR count). The zero-order valence-corrected chi connectivity index (χ0v) is 13.1. The third-order valence-electron chi connectivity index (χ3n) is 2.91. The first-order valence-corrected chi connectivity index (χ1v) is 7.94. The van der Waals surface area contributed by atoms with Crippen LogP contribution >= 0.6 is 11.8 Å². The van der Waals surface area contributed by atoms with E-state index in [1.807, 2.05) is 42.5 Å². The zero-order chi connectivity index (χ0) is 15.8. The summed E-state index contributed by atoms with van der Waals surface area (Å²) in [7, 11) is 1.36. The Balaban J connectivity index is 1.81. The van der Waals surface area contributed by atoms with Gasteiger partial charge >= 0.3 is 5.97 Å². The second-order valence-corrected chi connectivity index (χ2v) is 5.58. The molecule has 5 heteroatoms. The van der Waals surface area contributed by atoms with E-state index in [9.17, 15) is 9.59 Å². The van der Waals surface area contributed by atoms with E-state index in [0.717, 1.165) is 11.3 Å². The largest absolute Gasteiger partial charge is 0.465 e. The van der Waals surface area contributed by atoms with Crippen molar-refractivity contribution in [3.63, 3.8) is 0 Å². The summed E-state index contributed by atoms with van der Waals surface area (Å²) < 4.78 is 4.69. The molecule has 0 aliphatic carbocycles. The predicted molar refractivity (Wildman–Crippen MR) is 89.0 cm³/mol. The van der Waals surface area contributed by atoms with Crippen LogP contribution in [-0.4, -0.2) is 24.7 Å². The molecule has 0 unspecified atom stereocenters. The number of para-hydroxylation sites is 1. The number of rotatable bonds is 6. The summed E-state index contributed by atoms with van der Waals surface area (Å²) in [6, 6.07) is 16.6. The maximum Gasteiger partial charge on any atom is 0.337 e. The van der Waals surface area contributed by atoms with E-state index in [-0.39, 0.29) is 11.9 Å². The van der Waals surface area contributed by atoms with Crippen molar-refractivity contribution in [3.8, 4) is 0 Å². The Bertz CT molecular complexity index is 643. The molecule has 0 aliphatic rings. The fourth-order valence-electron chi connectivity index (χ4n) is 1.89. The van der Waals surface area contributed by atoms with Crippen LogP contribution in [0.25, 0.3) is 0 Å². The number of nitrogens with one attached hydrogen (secondary N) is 1. The topological polar surface area (TPSA) is 55.4 Å². The molecule has 0 radical (unpaired) electrons. The number of benzene rings is 2. The standard InChI is InChI=1S/C17H17NO3S/c1-21-17(20)14-7-5-6-13(10-14)11-22-12-16(19)18-15-8-3-2-4-9-15/h2-10H,11-12H2,1H3,(H,18,19). The summed E-state index contributed by atoms with van der Waals surface area (Å²) in [5.41, 5.74) is 2.30. The smallest absolute Gasteiger partial charge is 0.337 e. The van der Waals surface area contributed by atoms with Crippen LogP contribution in [0.5, 0.6) is 0 Å². The van der Waals surface area contributed by atoms with Gasteiger partial charge in [-0.2, -0.15) is 0 Å². The summed E-state index contributed by atoms with van der Waals surface area (Å²) in [5.74, 6) is 0.624. The fourth-order valence-corrected chi connectivity index (χ4v) is 2.66. The van der Waals surface area contributed by atoms with Crippen LogP contribution in [0.3, 0.4) is 0 Å². The van der Waals surface area contributed by atoms with Crippen molar-refractivity contribution in [2.75, 3.05) is 18.2 Å². The molecule has 114 valence electrons. The minimum absolute atomic E-state index is 0.0414. The zero-order valence-electron chi connectivity index (χ0n) is 12.2. The Labute approximate surface area is 133 Å². The van der Waals surface area contributed by atoms with E-state index in [2.05, 4.69) is 5.32 Å². The quantitative estimate of drug-likeness (QED) is 0.831. The lowest BCUT2D eigenvalue weighted by molar-refractivity contribution is -0.113. The minimum Gasteiger partial charge on any atom is -0.465 e. The van der Waals surface area contributed by atoms with E-state index < -0.39 is 0 Å². The van der Waals surface area contributed by atoms with Crippen LogP contribution in [0.1, 0.15) is 15.9 Å². The molecule has 0 aromatic heterocycles. The van der Waals surface area contributed by atoms with Gasteiger partial charge in [0.25, 0.3) is 0 Å². The molecule has 0 bridgehead atoms. The number of carbonyl (C=O) groups is 2. The first-order valence-electron chi connectivity index (χ1n) is 6.79. The van der Waals surface area contributed by atoms with Gasteiger partial charge in [-0.15, -0.1) is 11.8 Å². The maximum absolute atomic E-state index is 11.8. The molecule has 2 aromatic rings. The summed E-state index contributed by atoms with van der Waals surface area (Å²) >= 11 is 1.50. The third-order valence-corrected chi connectivity index (χ3v) is 3.91. The molecule has 2 aromatic carbocycles. The third kappa shape index (κ3) is 4.93. The normalized spacial score (nSPS) is 10.0. The summed E-state index contributed by atoms with van der Waals surface area (Å²) in [6.07, 6.45) is 0. The first kappa shape index (κ1) is 16.1. The van der Waals surface area contributed by atoms with Crippen LogP contribution in [0.15, 0.2) is 54.6 Å². The van der Waals surface area contributed by atoms with Gasteiger partial charge in [0, 0.05) is 11.4 Å². The molecule has 0 saturated carbocycles. The molecule has 0 heterocycles. The van der Waals surface area contributed by atoms with Crippen LogP contribution in [0, 0.1) is 0 Å². The Morgan fingerprint density at radius 3 is 2.59 bits per heavy atom. The van der Waals surface area contributed by atoms with Crippen molar-refractivity contribution in [3.05, 3.63) is 65.7 Å². The Hall–Kier alpha value is -2.27. The molecule has 1 N–H and O–H groups in total. The van der Waals surface area contributed by atoms with Crippen molar-refractivity contribution >= 4 is 29.3 Å². The van der Waals surface area contributed by atoms with Crippen molar-refractivity contribution in [1.29, 1.82) is 0 Å². The van der Waals surface area contributed by atoms with Gasteiger partial charge in [0.05, 0.1) is 18.4 Å². The fraction of sp³-hybridized carbons (Fsp3) is 0.176. The van der Waals surface area contributed by atoms with Crippen molar-refractivity contribution in [2.45, 2.75) is 5.75 Å². The molecule has 0 fully saturated rings. The maximum atomic E-state index is 11.8. The number of methoxy groups -OCH3 is 1. The van der Waals surface area contributed by atoms with Gasteiger partial charge < -0.3 is 10.1 Å². The predicted octanol–water partition coefficient (Wildman–Crippen LogP) is 3.35. The number of carbonyl (C=O) groups excluding carboxylic acids is 2. The van der Waals surface area contributed by atoms with E-state index in [0.29, 0.717) is 17.1 Å². The van der Waals surface area contributed by atoms with Crippen molar-refractivity contribution in [2.24, 2.45) is 0 Å². The van der Waals surface area contributed by atoms with Gasteiger partial charge in [0.15, 0.2) is 0 Å². The second kappa shape index (κ2) is 8.24. The number of anilines is 1. The molecule has 22 heavy (non-hydrogen) atoms. The number of ether oxygens (including phenoxy) is 1. The van der Waals surface area contributed by atoms with Crippen LogP contribution in [0.4, 0.5) is 5.69 Å². The van der Waals surface area contributed by atoms with Gasteiger partial charge in [-0.05, 0) is 29.8 Å². The van der Waals surface area contributed by atoms with Crippen LogP contribution < -0.4 is 5.32 Å². The number of hydrogen-bond acceptors (Lipinski definition) is 4. The lowest BCUT2D eigenvalue weighted by atomic mass is 10.1. The van der Waals surface area contributed by atoms with E-state index in [1.54, 1.807) is 12.1 Å². The minimum atomic E-state index is -0.353. The van der Waals surface area contributed by atoms with E-state index in [4.69, 9.17) is 4.74 Å². The molecule has 0 aliphatic heterocycles. The van der Waals surface area contributed by atoms with Crippen LogP contribution in [-0.2, 0) is 15.3 Å². The van der Waals surface area contributed by atoms with E-state index in [1.165, 1.54) is 18.9 Å². The number of esters is 1. The molecule has 1 amide bonds. The molecular formula is C17H17NO3S. The lowest BCUT2D eigenvalue weighted by Gasteiger charge is -2.06. The summed E-state index contributed by atoms with van der Waals surface area (Å²) in [5, 5.41) is 2.83. The first-order chi connectivity index (χ1) is 10.7. The van der Waals surface area contributed by atoms with Gasteiger partial charge in [0.2, 0.25) is 5.91 Å². The van der Waals surface area contributed by atoms with Crippen molar-refractivity contribution < 1.29 is 14.3 Å². The average molecular weight is 315 g/mol. The molecular weight excluding hydrogens is 298 g/mol. The average Bonchev–Trinajstić information content (AvgIpc) is 2.55. The monoisotopic (exact) mass is 315 g/mol. The number of thioether (sulfide) groups is 1. The SMILES string of the molecule is COC(=O)c1cccc(CSCC(=O)Nc2ccccc2)c1. The number of amides is 1.